The van der Waals surface area contributed by atoms with Gasteiger partial charge in [-0.15, -0.1) is 11.3 Å². The first kappa shape index (κ1) is 17.2. The predicted octanol–water partition coefficient (Wildman–Crippen LogP) is 4.44. The third kappa shape index (κ3) is 3.17. The molecule has 0 aliphatic carbocycles. The number of nitrogens with one attached hydrogen (secondary N) is 1. The SMILES string of the molecule is CCn1ncc2c(C(=O)Nc3ccccc3OC)cc(-c3cccs3)nc21. The normalized spacial score (nSPS) is 10.9. The van der Waals surface area contributed by atoms with Crippen LogP contribution in [0.2, 0.25) is 0 Å². The van der Waals surface area contributed by atoms with Crippen molar-refractivity contribution in [3.63, 3.8) is 0 Å². The Labute approximate surface area is 160 Å². The molecule has 0 saturated heterocycles. The smallest absolute Gasteiger partial charge is 0.256 e. The molecule has 0 aliphatic heterocycles. The number of benzene rings is 1. The Balaban J connectivity index is 1.82. The predicted molar refractivity (Wildman–Crippen MR) is 107 cm³/mol. The number of carbonyl (C=O) groups is 1. The number of hydrogen-bond donors (Lipinski definition) is 1. The van der Waals surface area contributed by atoms with Gasteiger partial charge in [0.25, 0.3) is 5.91 Å². The molecule has 27 heavy (non-hydrogen) atoms. The number of methoxy groups -OCH3 is 1. The molecule has 0 saturated carbocycles. The van der Waals surface area contributed by atoms with Crippen LogP contribution >= 0.6 is 11.3 Å². The highest BCUT2D eigenvalue weighted by molar-refractivity contribution is 7.13. The standard InChI is InChI=1S/C20H18N4O2S/c1-3-24-19-14(12-21-24)13(11-16(22-19)18-9-6-10-27-18)20(25)23-15-7-4-5-8-17(15)26-2/h4-12H,3H2,1-2H3,(H,23,25). The number of para-hydroxylation sites is 2. The van der Waals surface area contributed by atoms with Crippen LogP contribution in [0, 0.1) is 0 Å². The number of amides is 1. The fourth-order valence-electron chi connectivity index (χ4n) is 2.96. The number of nitrogens with zero attached hydrogens (tertiary/aromatic N) is 3. The highest BCUT2D eigenvalue weighted by Crippen LogP contribution is 2.29. The molecule has 0 aliphatic rings. The second-order valence-electron chi connectivity index (χ2n) is 5.88. The molecule has 0 fully saturated rings. The Morgan fingerprint density at radius 3 is 2.85 bits per heavy atom. The zero-order valence-electron chi connectivity index (χ0n) is 15.0. The topological polar surface area (TPSA) is 69.0 Å². The Morgan fingerprint density at radius 2 is 2.11 bits per heavy atom. The van der Waals surface area contributed by atoms with E-state index in [1.807, 2.05) is 54.8 Å². The van der Waals surface area contributed by atoms with Gasteiger partial charge < -0.3 is 10.1 Å². The number of aromatic nitrogens is 3. The van der Waals surface area contributed by atoms with Crippen LogP contribution in [0.15, 0.2) is 54.0 Å². The summed E-state index contributed by atoms with van der Waals surface area (Å²) >= 11 is 1.59. The van der Waals surface area contributed by atoms with Crippen molar-refractivity contribution >= 4 is 34.0 Å². The van der Waals surface area contributed by atoms with Gasteiger partial charge in [0, 0.05) is 6.54 Å². The van der Waals surface area contributed by atoms with Crippen molar-refractivity contribution in [1.29, 1.82) is 0 Å². The van der Waals surface area contributed by atoms with Crippen LogP contribution < -0.4 is 10.1 Å². The molecular weight excluding hydrogens is 360 g/mol. The zero-order valence-corrected chi connectivity index (χ0v) is 15.8. The second kappa shape index (κ2) is 7.20. The Hall–Kier alpha value is -3.19. The number of ether oxygens (including phenoxy) is 1. The summed E-state index contributed by atoms with van der Waals surface area (Å²) in [6.45, 7) is 2.68. The van der Waals surface area contributed by atoms with Crippen molar-refractivity contribution in [1.82, 2.24) is 14.8 Å². The first-order valence-corrected chi connectivity index (χ1v) is 9.44. The van der Waals surface area contributed by atoms with E-state index in [1.165, 1.54) is 0 Å². The molecule has 0 atom stereocenters. The average Bonchev–Trinajstić information content (AvgIpc) is 3.37. The molecule has 7 heteroatoms. The molecule has 6 nitrogen and oxygen atoms in total. The van der Waals surface area contributed by atoms with Crippen molar-refractivity contribution in [3.8, 4) is 16.3 Å². The number of aryl methyl sites for hydroxylation is 1. The first-order valence-electron chi connectivity index (χ1n) is 8.56. The van der Waals surface area contributed by atoms with Gasteiger partial charge in [0.1, 0.15) is 5.75 Å². The largest absolute Gasteiger partial charge is 0.495 e. The minimum atomic E-state index is -0.222. The van der Waals surface area contributed by atoms with Gasteiger partial charge in [-0.1, -0.05) is 18.2 Å². The molecule has 0 spiro atoms. The summed E-state index contributed by atoms with van der Waals surface area (Å²) < 4.78 is 7.13. The summed E-state index contributed by atoms with van der Waals surface area (Å²) in [5, 5.41) is 10.0. The van der Waals surface area contributed by atoms with E-state index in [4.69, 9.17) is 9.72 Å². The maximum absolute atomic E-state index is 13.1. The molecule has 1 N–H and O–H groups in total. The molecule has 3 heterocycles. The summed E-state index contributed by atoms with van der Waals surface area (Å²) in [4.78, 5) is 18.8. The van der Waals surface area contributed by atoms with Crippen molar-refractivity contribution < 1.29 is 9.53 Å². The van der Waals surface area contributed by atoms with Gasteiger partial charge in [0.05, 0.1) is 40.5 Å². The second-order valence-corrected chi connectivity index (χ2v) is 6.83. The maximum Gasteiger partial charge on any atom is 0.256 e. The number of hydrogen-bond acceptors (Lipinski definition) is 5. The molecule has 0 bridgehead atoms. The van der Waals surface area contributed by atoms with E-state index < -0.39 is 0 Å². The number of rotatable bonds is 5. The maximum atomic E-state index is 13.1. The summed E-state index contributed by atoms with van der Waals surface area (Å²) in [6.07, 6.45) is 1.70. The van der Waals surface area contributed by atoms with Gasteiger partial charge in [0.2, 0.25) is 0 Å². The molecule has 4 aromatic rings. The van der Waals surface area contributed by atoms with Crippen LogP contribution in [0.3, 0.4) is 0 Å². The average molecular weight is 378 g/mol. The third-order valence-electron chi connectivity index (χ3n) is 4.28. The summed E-state index contributed by atoms with van der Waals surface area (Å²) in [7, 11) is 1.58. The van der Waals surface area contributed by atoms with Crippen LogP contribution in [0.25, 0.3) is 21.6 Å². The van der Waals surface area contributed by atoms with E-state index in [9.17, 15) is 4.79 Å². The van der Waals surface area contributed by atoms with E-state index in [0.717, 1.165) is 16.0 Å². The minimum absolute atomic E-state index is 0.222. The fraction of sp³-hybridized carbons (Fsp3) is 0.150. The van der Waals surface area contributed by atoms with Crippen LogP contribution in [0.1, 0.15) is 17.3 Å². The highest BCUT2D eigenvalue weighted by atomic mass is 32.1. The number of thiophene rings is 1. The number of anilines is 1. The van der Waals surface area contributed by atoms with Crippen molar-refractivity contribution in [2.24, 2.45) is 0 Å². The molecule has 3 aromatic heterocycles. The summed E-state index contributed by atoms with van der Waals surface area (Å²) in [6, 6.07) is 13.1. The van der Waals surface area contributed by atoms with Crippen molar-refractivity contribution in [2.75, 3.05) is 12.4 Å². The van der Waals surface area contributed by atoms with Crippen LogP contribution in [-0.2, 0) is 6.54 Å². The van der Waals surface area contributed by atoms with Crippen molar-refractivity contribution in [2.45, 2.75) is 13.5 Å². The first-order chi connectivity index (χ1) is 13.2. The number of pyridine rings is 1. The third-order valence-corrected chi connectivity index (χ3v) is 5.17. The van der Waals surface area contributed by atoms with Crippen LogP contribution in [0.5, 0.6) is 5.75 Å². The van der Waals surface area contributed by atoms with Gasteiger partial charge in [-0.3, -0.25) is 4.79 Å². The molecule has 1 amide bonds. The van der Waals surface area contributed by atoms with Gasteiger partial charge in [-0.2, -0.15) is 5.10 Å². The molecule has 136 valence electrons. The van der Waals surface area contributed by atoms with Gasteiger partial charge in [-0.25, -0.2) is 9.67 Å². The van der Waals surface area contributed by atoms with Crippen LogP contribution in [0.4, 0.5) is 5.69 Å². The molecule has 4 rings (SSSR count). The Bertz CT molecular complexity index is 1100. The van der Waals surface area contributed by atoms with E-state index in [0.29, 0.717) is 29.2 Å². The van der Waals surface area contributed by atoms with E-state index >= 15 is 0 Å². The summed E-state index contributed by atoms with van der Waals surface area (Å²) in [5.74, 6) is 0.388. The number of carbonyl (C=O) groups excluding carboxylic acids is 1. The lowest BCUT2D eigenvalue weighted by molar-refractivity contribution is 0.102. The van der Waals surface area contributed by atoms with Gasteiger partial charge in [0.15, 0.2) is 5.65 Å². The molecular formula is C20H18N4O2S. The van der Waals surface area contributed by atoms with Crippen LogP contribution in [-0.4, -0.2) is 27.8 Å². The zero-order chi connectivity index (χ0) is 18.8. The lowest BCUT2D eigenvalue weighted by Crippen LogP contribution is -2.13. The quantitative estimate of drug-likeness (QED) is 0.557. The van der Waals surface area contributed by atoms with E-state index in [1.54, 1.807) is 29.3 Å². The fourth-order valence-corrected chi connectivity index (χ4v) is 3.64. The lowest BCUT2D eigenvalue weighted by Gasteiger charge is -2.11. The monoisotopic (exact) mass is 378 g/mol. The van der Waals surface area contributed by atoms with Crippen molar-refractivity contribution in [3.05, 3.63) is 59.6 Å². The van der Waals surface area contributed by atoms with Gasteiger partial charge >= 0.3 is 0 Å². The molecule has 0 unspecified atom stereocenters. The minimum Gasteiger partial charge on any atom is -0.495 e. The van der Waals surface area contributed by atoms with E-state index in [2.05, 4.69) is 10.4 Å². The molecule has 0 radical (unpaired) electrons. The Kier molecular flexibility index (Phi) is 4.60. The number of fused-ring (bicyclic) bond motifs is 1. The highest BCUT2D eigenvalue weighted by Gasteiger charge is 2.18. The van der Waals surface area contributed by atoms with E-state index in [-0.39, 0.29) is 5.91 Å². The molecule has 1 aromatic carbocycles. The summed E-state index contributed by atoms with van der Waals surface area (Å²) in [5.41, 5.74) is 2.62. The Morgan fingerprint density at radius 1 is 1.26 bits per heavy atom. The lowest BCUT2D eigenvalue weighted by atomic mass is 10.1. The van der Waals surface area contributed by atoms with Gasteiger partial charge in [-0.05, 0) is 36.6 Å².